The van der Waals surface area contributed by atoms with Gasteiger partial charge in [-0.05, 0) is 113 Å². The molecule has 1 aromatic rings. The predicted octanol–water partition coefficient (Wildman–Crippen LogP) is 8.22. The number of benzene rings is 1. The minimum absolute atomic E-state index is 0.737. The van der Waals surface area contributed by atoms with E-state index in [-0.39, 0.29) is 0 Å². The van der Waals surface area contributed by atoms with Gasteiger partial charge in [0.15, 0.2) is 0 Å². The molecule has 3 rings (SSSR count). The van der Waals surface area contributed by atoms with Gasteiger partial charge in [-0.3, -0.25) is 0 Å². The average molecular weight is 395 g/mol. The third-order valence-corrected chi connectivity index (χ3v) is 7.42. The predicted molar refractivity (Wildman–Crippen MR) is 125 cm³/mol. The van der Waals surface area contributed by atoms with Crippen LogP contribution in [0.25, 0.3) is 0 Å². The van der Waals surface area contributed by atoms with Gasteiger partial charge in [0.05, 0.1) is 13.2 Å². The van der Waals surface area contributed by atoms with Gasteiger partial charge in [0.2, 0.25) is 0 Å². The lowest BCUT2D eigenvalue weighted by Gasteiger charge is -2.38. The molecule has 1 nitrogen and oxygen atoms in total. The van der Waals surface area contributed by atoms with Crippen LogP contribution in [0.5, 0.6) is 0 Å². The van der Waals surface area contributed by atoms with Gasteiger partial charge in [0.25, 0.3) is 0 Å². The van der Waals surface area contributed by atoms with Crippen molar-refractivity contribution in [3.63, 3.8) is 0 Å². The number of rotatable bonds is 9. The van der Waals surface area contributed by atoms with Crippen molar-refractivity contribution < 1.29 is 4.74 Å². The topological polar surface area (TPSA) is 9.23 Å². The summed E-state index contributed by atoms with van der Waals surface area (Å²) < 4.78 is 5.76. The Bertz CT molecular complexity index is 610. The van der Waals surface area contributed by atoms with Crippen molar-refractivity contribution in [1.82, 2.24) is 0 Å². The molecule has 0 unspecified atom stereocenters. The largest absolute Gasteiger partial charge is 0.376 e. The molecule has 0 N–H and O–H groups in total. The van der Waals surface area contributed by atoms with E-state index >= 15 is 0 Å². The van der Waals surface area contributed by atoms with Crippen LogP contribution in [0.15, 0.2) is 48.6 Å². The van der Waals surface area contributed by atoms with Crippen LogP contribution in [0.4, 0.5) is 0 Å². The summed E-state index contributed by atoms with van der Waals surface area (Å²) in [6, 6.07) is 9.29. The van der Waals surface area contributed by atoms with Crippen molar-refractivity contribution in [3.05, 3.63) is 59.7 Å². The van der Waals surface area contributed by atoms with Crippen LogP contribution in [0, 0.1) is 17.8 Å². The molecule has 160 valence electrons. The second kappa shape index (κ2) is 12.4. The van der Waals surface area contributed by atoms with E-state index in [2.05, 4.69) is 62.4 Å². The van der Waals surface area contributed by atoms with Gasteiger partial charge in [-0.2, -0.15) is 0 Å². The number of ether oxygens (including phenoxy) is 1. The first-order valence-corrected chi connectivity index (χ1v) is 12.2. The summed E-state index contributed by atoms with van der Waals surface area (Å²) in [4.78, 5) is 0. The standard InChI is InChI=1S/C28H42O/c1-3-5-7-21-29-22-24-11-15-26(16-12-24)28-19-17-27(18-20-28)25-13-9-23(10-14-25)8-6-4-2/h3-6,11-12,15-16,23,25,27-28H,7-10,13-14,17-22H2,1-2H3/b5-3?,6-4+. The van der Waals surface area contributed by atoms with E-state index in [9.17, 15) is 0 Å². The van der Waals surface area contributed by atoms with Crippen LogP contribution in [0.2, 0.25) is 0 Å². The Morgan fingerprint density at radius 3 is 2.03 bits per heavy atom. The lowest BCUT2D eigenvalue weighted by Crippen LogP contribution is -2.25. The number of allylic oxidation sites excluding steroid dienone is 3. The summed E-state index contributed by atoms with van der Waals surface area (Å²) >= 11 is 0. The first kappa shape index (κ1) is 22.3. The van der Waals surface area contributed by atoms with Gasteiger partial charge >= 0.3 is 0 Å². The Morgan fingerprint density at radius 1 is 0.793 bits per heavy atom. The summed E-state index contributed by atoms with van der Waals surface area (Å²) in [5, 5.41) is 0. The zero-order valence-corrected chi connectivity index (χ0v) is 18.8. The minimum Gasteiger partial charge on any atom is -0.376 e. The van der Waals surface area contributed by atoms with Crippen molar-refractivity contribution in [2.75, 3.05) is 6.61 Å². The second-order valence-electron chi connectivity index (χ2n) is 9.35. The molecule has 0 aromatic heterocycles. The van der Waals surface area contributed by atoms with E-state index < -0.39 is 0 Å². The maximum absolute atomic E-state index is 5.76. The molecule has 0 amide bonds. The quantitative estimate of drug-likeness (QED) is 0.303. The molecule has 2 fully saturated rings. The monoisotopic (exact) mass is 394 g/mol. The minimum atomic E-state index is 0.737. The zero-order valence-electron chi connectivity index (χ0n) is 18.8. The lowest BCUT2D eigenvalue weighted by molar-refractivity contribution is 0.125. The molecule has 0 bridgehead atoms. The van der Waals surface area contributed by atoms with Crippen molar-refractivity contribution in [2.45, 2.75) is 90.6 Å². The Balaban J connectivity index is 1.38. The highest BCUT2D eigenvalue weighted by atomic mass is 16.5. The Labute approximate surface area is 179 Å². The molecule has 2 aliphatic rings. The molecule has 0 spiro atoms. The van der Waals surface area contributed by atoms with E-state index in [4.69, 9.17) is 4.74 Å². The van der Waals surface area contributed by atoms with E-state index in [0.717, 1.165) is 43.3 Å². The van der Waals surface area contributed by atoms with Crippen LogP contribution in [0.3, 0.4) is 0 Å². The second-order valence-corrected chi connectivity index (χ2v) is 9.35. The highest BCUT2D eigenvalue weighted by Crippen LogP contribution is 2.44. The molecule has 0 aliphatic heterocycles. The van der Waals surface area contributed by atoms with E-state index in [1.165, 1.54) is 63.4 Å². The molecule has 29 heavy (non-hydrogen) atoms. The van der Waals surface area contributed by atoms with Crippen molar-refractivity contribution in [2.24, 2.45) is 17.8 Å². The molecule has 0 saturated heterocycles. The normalized spacial score (nSPS) is 28.3. The summed E-state index contributed by atoms with van der Waals surface area (Å²) in [6.45, 7) is 5.76. The maximum atomic E-state index is 5.76. The van der Waals surface area contributed by atoms with Gasteiger partial charge in [0, 0.05) is 0 Å². The Morgan fingerprint density at radius 2 is 1.41 bits per heavy atom. The molecule has 0 heterocycles. The van der Waals surface area contributed by atoms with E-state index in [1.54, 1.807) is 5.56 Å². The van der Waals surface area contributed by atoms with Gasteiger partial charge in [-0.15, -0.1) is 0 Å². The Hall–Kier alpha value is -1.34. The Kier molecular flexibility index (Phi) is 9.54. The van der Waals surface area contributed by atoms with Crippen molar-refractivity contribution >= 4 is 0 Å². The summed E-state index contributed by atoms with van der Waals surface area (Å²) in [5.74, 6) is 3.75. The average Bonchev–Trinajstić information content (AvgIpc) is 2.78. The molecule has 0 atom stereocenters. The van der Waals surface area contributed by atoms with E-state index in [1.807, 2.05) is 0 Å². The fraction of sp³-hybridized carbons (Fsp3) is 0.643. The molecular weight excluding hydrogens is 352 g/mol. The molecular formula is C28H42O. The molecule has 1 heteroatoms. The molecule has 1 aromatic carbocycles. The third kappa shape index (κ3) is 7.14. The maximum Gasteiger partial charge on any atom is 0.0717 e. The van der Waals surface area contributed by atoms with Gasteiger partial charge in [0.1, 0.15) is 0 Å². The first-order chi connectivity index (χ1) is 14.3. The third-order valence-electron chi connectivity index (χ3n) is 7.42. The molecule has 0 radical (unpaired) electrons. The number of hydrogen-bond acceptors (Lipinski definition) is 1. The van der Waals surface area contributed by atoms with E-state index in [0.29, 0.717) is 0 Å². The first-order valence-electron chi connectivity index (χ1n) is 12.2. The van der Waals surface area contributed by atoms with Crippen molar-refractivity contribution in [1.29, 1.82) is 0 Å². The highest BCUT2D eigenvalue weighted by molar-refractivity contribution is 5.25. The summed E-state index contributed by atoms with van der Waals surface area (Å²) in [7, 11) is 0. The van der Waals surface area contributed by atoms with Gasteiger partial charge in [-0.25, -0.2) is 0 Å². The lowest BCUT2D eigenvalue weighted by atomic mass is 9.68. The highest BCUT2D eigenvalue weighted by Gasteiger charge is 2.30. The van der Waals surface area contributed by atoms with Gasteiger partial charge < -0.3 is 4.74 Å². The fourth-order valence-electron chi connectivity index (χ4n) is 5.54. The van der Waals surface area contributed by atoms with Crippen LogP contribution in [-0.4, -0.2) is 6.61 Å². The number of hydrogen-bond donors (Lipinski definition) is 0. The van der Waals surface area contributed by atoms with Crippen LogP contribution < -0.4 is 0 Å². The van der Waals surface area contributed by atoms with Crippen LogP contribution in [0.1, 0.15) is 95.1 Å². The summed E-state index contributed by atoms with van der Waals surface area (Å²) in [6.07, 6.45) is 22.7. The van der Waals surface area contributed by atoms with Crippen LogP contribution in [-0.2, 0) is 11.3 Å². The SMILES string of the molecule is CC=CCCOCc1ccc(C2CCC(C3CCC(C/C=C/C)CC3)CC2)cc1. The smallest absolute Gasteiger partial charge is 0.0717 e. The fourth-order valence-corrected chi connectivity index (χ4v) is 5.54. The van der Waals surface area contributed by atoms with Gasteiger partial charge in [-0.1, -0.05) is 48.6 Å². The van der Waals surface area contributed by atoms with Crippen LogP contribution >= 0.6 is 0 Å². The molecule has 2 saturated carbocycles. The zero-order chi connectivity index (χ0) is 20.3. The van der Waals surface area contributed by atoms with Crippen molar-refractivity contribution in [3.8, 4) is 0 Å². The summed E-state index contributed by atoms with van der Waals surface area (Å²) in [5.41, 5.74) is 2.86. The molecule has 2 aliphatic carbocycles.